The Kier molecular flexibility index (Phi) is 5.59. The van der Waals surface area contributed by atoms with Gasteiger partial charge < -0.3 is 10.6 Å². The number of anilines is 1. The largest absolute Gasteiger partial charge is 0.325 e. The lowest BCUT2D eigenvalue weighted by atomic mass is 9.90. The number of thiazole rings is 1. The second-order valence-corrected chi connectivity index (χ2v) is 9.47. The smallest absolute Gasteiger partial charge is 0.319 e. The fourth-order valence-corrected chi connectivity index (χ4v) is 4.95. The maximum atomic E-state index is 13.2. The lowest BCUT2D eigenvalue weighted by molar-refractivity contribution is -0.133. The molecule has 0 bridgehead atoms. The number of nitrogens with zero attached hydrogens (tertiary/aromatic N) is 2. The highest BCUT2D eigenvalue weighted by atomic mass is 32.1. The molecule has 8 heteroatoms. The van der Waals surface area contributed by atoms with Gasteiger partial charge in [0, 0.05) is 17.5 Å². The van der Waals surface area contributed by atoms with Crippen LogP contribution in [0.4, 0.5) is 9.93 Å². The number of nitrogens with one attached hydrogen (secondary N) is 2. The third-order valence-electron chi connectivity index (χ3n) is 5.92. The van der Waals surface area contributed by atoms with Gasteiger partial charge in [-0.3, -0.25) is 14.5 Å². The Labute approximate surface area is 200 Å². The first-order chi connectivity index (χ1) is 16.4. The average molecular weight is 471 g/mol. The zero-order valence-electron chi connectivity index (χ0n) is 18.4. The molecule has 1 unspecified atom stereocenters. The molecule has 0 spiro atoms. The van der Waals surface area contributed by atoms with E-state index in [1.165, 1.54) is 11.3 Å². The minimum atomic E-state index is -1.24. The standard InChI is InChI=1S/C26H22N4O3S/c1-26(20-12-11-18-9-5-6-10-19(18)14-20)23(32)30(25(33)29-26)16-22(31)28-24-27-15-21(34-24)13-17-7-3-2-4-8-17/h2-12,14-15H,13,16H2,1H3,(H,29,33)(H,27,28,31). The summed E-state index contributed by atoms with van der Waals surface area (Å²) >= 11 is 1.37. The van der Waals surface area contributed by atoms with Gasteiger partial charge in [0.05, 0.1) is 0 Å². The van der Waals surface area contributed by atoms with Crippen molar-refractivity contribution in [1.82, 2.24) is 15.2 Å². The average Bonchev–Trinajstić information content (AvgIpc) is 3.36. The molecule has 5 rings (SSSR count). The van der Waals surface area contributed by atoms with Crippen LogP contribution < -0.4 is 10.6 Å². The Morgan fingerprint density at radius 2 is 1.76 bits per heavy atom. The normalized spacial score (nSPS) is 17.7. The van der Waals surface area contributed by atoms with Crippen molar-refractivity contribution in [3.63, 3.8) is 0 Å². The van der Waals surface area contributed by atoms with Gasteiger partial charge in [0.1, 0.15) is 12.1 Å². The highest BCUT2D eigenvalue weighted by molar-refractivity contribution is 7.15. The quantitative estimate of drug-likeness (QED) is 0.411. The summed E-state index contributed by atoms with van der Waals surface area (Å²) in [5.74, 6) is -0.946. The molecule has 1 aliphatic heterocycles. The van der Waals surface area contributed by atoms with Gasteiger partial charge in [-0.2, -0.15) is 0 Å². The van der Waals surface area contributed by atoms with E-state index in [0.29, 0.717) is 17.1 Å². The van der Waals surface area contributed by atoms with Crippen molar-refractivity contribution in [3.8, 4) is 0 Å². The summed E-state index contributed by atoms with van der Waals surface area (Å²) in [6, 6.07) is 22.8. The lowest BCUT2D eigenvalue weighted by Crippen LogP contribution is -2.42. The number of rotatable bonds is 6. The molecule has 4 amide bonds. The van der Waals surface area contributed by atoms with E-state index in [1.54, 1.807) is 13.1 Å². The fourth-order valence-electron chi connectivity index (χ4n) is 4.08. The predicted octanol–water partition coefficient (Wildman–Crippen LogP) is 4.29. The summed E-state index contributed by atoms with van der Waals surface area (Å²) in [5.41, 5.74) is 0.570. The van der Waals surface area contributed by atoms with Gasteiger partial charge in [-0.15, -0.1) is 11.3 Å². The molecule has 0 saturated carbocycles. The number of fused-ring (bicyclic) bond motifs is 1. The number of amides is 4. The SMILES string of the molecule is CC1(c2ccc3ccccc3c2)NC(=O)N(CC(=O)Nc2ncc(Cc3ccccc3)s2)C1=O. The molecule has 0 aliphatic carbocycles. The van der Waals surface area contributed by atoms with E-state index in [1.807, 2.05) is 72.8 Å². The molecule has 0 radical (unpaired) electrons. The minimum Gasteiger partial charge on any atom is -0.319 e. The van der Waals surface area contributed by atoms with Crippen LogP contribution in [-0.2, 0) is 21.5 Å². The third kappa shape index (κ3) is 4.15. The second kappa shape index (κ2) is 8.72. The van der Waals surface area contributed by atoms with Crippen molar-refractivity contribution in [3.05, 3.63) is 95.0 Å². The van der Waals surface area contributed by atoms with Crippen LogP contribution in [0.25, 0.3) is 10.8 Å². The van der Waals surface area contributed by atoms with Crippen molar-refractivity contribution in [2.45, 2.75) is 18.9 Å². The number of carbonyl (C=O) groups excluding carboxylic acids is 3. The Morgan fingerprint density at radius 1 is 1.03 bits per heavy atom. The Morgan fingerprint density at radius 3 is 2.56 bits per heavy atom. The van der Waals surface area contributed by atoms with Crippen LogP contribution in [0.3, 0.4) is 0 Å². The van der Waals surface area contributed by atoms with Crippen molar-refractivity contribution in [2.75, 3.05) is 11.9 Å². The Bertz CT molecular complexity index is 1400. The van der Waals surface area contributed by atoms with Crippen LogP contribution in [0.5, 0.6) is 0 Å². The maximum Gasteiger partial charge on any atom is 0.325 e. The zero-order chi connectivity index (χ0) is 23.7. The van der Waals surface area contributed by atoms with Crippen LogP contribution in [0, 0.1) is 0 Å². The number of urea groups is 1. The third-order valence-corrected chi connectivity index (χ3v) is 6.84. The summed E-state index contributed by atoms with van der Waals surface area (Å²) < 4.78 is 0. The minimum absolute atomic E-state index is 0.387. The van der Waals surface area contributed by atoms with E-state index in [0.717, 1.165) is 26.1 Å². The molecule has 7 nitrogen and oxygen atoms in total. The maximum absolute atomic E-state index is 13.2. The van der Waals surface area contributed by atoms with Crippen molar-refractivity contribution in [1.29, 1.82) is 0 Å². The zero-order valence-corrected chi connectivity index (χ0v) is 19.3. The van der Waals surface area contributed by atoms with Crippen molar-refractivity contribution < 1.29 is 14.4 Å². The summed E-state index contributed by atoms with van der Waals surface area (Å²) in [5, 5.41) is 7.90. The molecule has 4 aromatic rings. The molecule has 3 aromatic carbocycles. The Hall–Kier alpha value is -4.04. The number of imide groups is 1. The molecule has 170 valence electrons. The molecular formula is C26H22N4O3S. The van der Waals surface area contributed by atoms with Gasteiger partial charge in [-0.1, -0.05) is 66.7 Å². The van der Waals surface area contributed by atoms with E-state index in [9.17, 15) is 14.4 Å². The number of carbonyl (C=O) groups is 3. The molecule has 1 aromatic heterocycles. The number of hydrogen-bond donors (Lipinski definition) is 2. The number of hydrogen-bond acceptors (Lipinski definition) is 5. The lowest BCUT2D eigenvalue weighted by Gasteiger charge is -2.22. The monoisotopic (exact) mass is 470 g/mol. The van der Waals surface area contributed by atoms with Crippen LogP contribution in [0.15, 0.2) is 79.0 Å². The van der Waals surface area contributed by atoms with Crippen LogP contribution in [-0.4, -0.2) is 34.3 Å². The number of benzene rings is 3. The molecular weight excluding hydrogens is 448 g/mol. The van der Waals surface area contributed by atoms with E-state index in [4.69, 9.17) is 0 Å². The predicted molar refractivity (Wildman–Crippen MR) is 132 cm³/mol. The molecule has 2 N–H and O–H groups in total. The Balaban J connectivity index is 1.27. The summed E-state index contributed by atoms with van der Waals surface area (Å²) in [4.78, 5) is 44.7. The van der Waals surface area contributed by atoms with Gasteiger partial charge in [-0.25, -0.2) is 9.78 Å². The van der Waals surface area contributed by atoms with Crippen LogP contribution in [0.2, 0.25) is 0 Å². The van der Waals surface area contributed by atoms with Gasteiger partial charge in [0.2, 0.25) is 5.91 Å². The highest BCUT2D eigenvalue weighted by Gasteiger charge is 2.49. The molecule has 1 fully saturated rings. The topological polar surface area (TPSA) is 91.4 Å². The summed E-state index contributed by atoms with van der Waals surface area (Å²) in [6.45, 7) is 1.27. The van der Waals surface area contributed by atoms with E-state index in [-0.39, 0.29) is 6.54 Å². The molecule has 2 heterocycles. The summed E-state index contributed by atoms with van der Waals surface area (Å²) in [6.07, 6.45) is 2.43. The van der Waals surface area contributed by atoms with Crippen molar-refractivity contribution in [2.24, 2.45) is 0 Å². The highest BCUT2D eigenvalue weighted by Crippen LogP contribution is 2.31. The molecule has 1 atom stereocenters. The second-order valence-electron chi connectivity index (χ2n) is 8.35. The number of aromatic nitrogens is 1. The van der Waals surface area contributed by atoms with Crippen LogP contribution >= 0.6 is 11.3 Å². The van der Waals surface area contributed by atoms with Gasteiger partial charge in [-0.05, 0) is 34.9 Å². The van der Waals surface area contributed by atoms with Gasteiger partial charge in [0.25, 0.3) is 5.91 Å². The first-order valence-corrected chi connectivity index (χ1v) is 11.7. The fraction of sp³-hybridized carbons (Fsp3) is 0.154. The molecule has 1 aliphatic rings. The van der Waals surface area contributed by atoms with Gasteiger partial charge >= 0.3 is 6.03 Å². The molecule has 1 saturated heterocycles. The van der Waals surface area contributed by atoms with Crippen molar-refractivity contribution >= 4 is 45.1 Å². The van der Waals surface area contributed by atoms with Gasteiger partial charge in [0.15, 0.2) is 5.13 Å². The van der Waals surface area contributed by atoms with Crippen LogP contribution in [0.1, 0.15) is 22.9 Å². The summed E-state index contributed by atoms with van der Waals surface area (Å²) in [7, 11) is 0. The first-order valence-electron chi connectivity index (χ1n) is 10.8. The molecule has 34 heavy (non-hydrogen) atoms. The van der Waals surface area contributed by atoms with E-state index < -0.39 is 23.4 Å². The van der Waals surface area contributed by atoms with E-state index >= 15 is 0 Å². The van der Waals surface area contributed by atoms with E-state index in [2.05, 4.69) is 15.6 Å². The first kappa shape index (κ1) is 21.8.